The van der Waals surface area contributed by atoms with E-state index >= 15 is 13.2 Å². The lowest BCUT2D eigenvalue weighted by molar-refractivity contribution is -0.737. The van der Waals surface area contributed by atoms with Crippen molar-refractivity contribution in [1.29, 1.82) is 0 Å². The van der Waals surface area contributed by atoms with Gasteiger partial charge in [0.05, 0.1) is 19.6 Å². The number of rotatable bonds is 21. The molecule has 4 aliphatic heterocycles. The number of likely N-dealkylation sites (tertiary alicyclic amines) is 2. The third-order valence-corrected chi connectivity index (χ3v) is 20.4. The minimum atomic E-state index is -1.95. The topological polar surface area (TPSA) is 208 Å². The number of aromatic nitrogens is 12. The standard InChI is InChI=1S/C30H34F4N7O2.C24H32FN5O.C18H22F2N4O/c1-20-8-10-38(11-9-20)21(2)30(43,26-7-5-24(32)13-28(26)34)15-41-19-39(18-37-41)22(3)29(42,14-40-17-35-16-36-40)25-6-4-23(31)12-27(25)33;1-18-6-10-28(11-7-18)20(3)24(31,15-30-17-26-16-27-30)22-5-4-21(14-23(22)25)29-12-8-19(2)9-13-29;1-13-5-7-23(8-6-13)14(2)18(25,10-24-12-21-11-22-24)16-4-3-15(19)9-17(16)20/h4-7,12-13,16-19,21-22,42-43H,1,8-11,14-15H2,2-3H3;4-5,14,16-17,20,31H,1-2,6-13,15H2,3H3;3-5,9,11-12,14,25H,6-8,10H2,1-2H3/q+1;;/t21-,22-,29-,30-;20-,24-;14-,18-/m111/s1. The number of benzene rings is 4. The summed E-state index contributed by atoms with van der Waals surface area (Å²) in [6.45, 7) is 27.1. The second-order valence-corrected chi connectivity index (χ2v) is 26.7. The van der Waals surface area contributed by atoms with Crippen LogP contribution in [0.2, 0.25) is 0 Å². The predicted octanol–water partition coefficient (Wildman–Crippen LogP) is 9.38. The van der Waals surface area contributed by atoms with Crippen LogP contribution in [0.15, 0.2) is 172 Å². The minimum absolute atomic E-state index is 0.0237. The summed E-state index contributed by atoms with van der Waals surface area (Å²) >= 11 is 0. The molecule has 3 fully saturated rings. The Morgan fingerprint density at radius 1 is 0.444 bits per heavy atom. The van der Waals surface area contributed by atoms with Gasteiger partial charge in [-0.1, -0.05) is 72.4 Å². The van der Waals surface area contributed by atoms with E-state index in [1.807, 2.05) is 24.8 Å². The fourth-order valence-electron chi connectivity index (χ4n) is 13.7. The van der Waals surface area contributed by atoms with Crippen molar-refractivity contribution in [1.82, 2.24) is 68.8 Å². The molecule has 99 heavy (non-hydrogen) atoms. The molecule has 0 amide bonds. The molecule has 528 valence electrons. The van der Waals surface area contributed by atoms with E-state index < -0.39 is 81.3 Å². The van der Waals surface area contributed by atoms with Gasteiger partial charge < -0.3 is 25.3 Å². The highest BCUT2D eigenvalue weighted by Crippen LogP contribution is 2.40. The van der Waals surface area contributed by atoms with Crippen molar-refractivity contribution in [2.75, 3.05) is 57.3 Å². The van der Waals surface area contributed by atoms with Gasteiger partial charge in [0.2, 0.25) is 6.33 Å². The van der Waals surface area contributed by atoms with Gasteiger partial charge in [0, 0.05) is 122 Å². The number of piperidine rings is 3. The highest BCUT2D eigenvalue weighted by Gasteiger charge is 2.48. The van der Waals surface area contributed by atoms with Crippen molar-refractivity contribution in [3.8, 4) is 0 Å². The summed E-state index contributed by atoms with van der Waals surface area (Å²) in [6, 6.07) is 12.3. The summed E-state index contributed by atoms with van der Waals surface area (Å²) in [4.78, 5) is 20.3. The van der Waals surface area contributed by atoms with E-state index in [9.17, 15) is 38.0 Å². The molecule has 4 N–H and O–H groups in total. The van der Waals surface area contributed by atoms with Crippen LogP contribution >= 0.6 is 0 Å². The van der Waals surface area contributed by atoms with E-state index in [0.29, 0.717) is 31.3 Å². The van der Waals surface area contributed by atoms with Gasteiger partial charge in [-0.3, -0.25) is 14.7 Å². The van der Waals surface area contributed by atoms with Gasteiger partial charge in [0.25, 0.3) is 6.33 Å². The van der Waals surface area contributed by atoms with Crippen molar-refractivity contribution in [3.63, 3.8) is 0 Å². The third-order valence-electron chi connectivity index (χ3n) is 20.4. The number of hydrogen-bond donors (Lipinski definition) is 4. The minimum Gasteiger partial charge on any atom is -0.381 e. The molecule has 0 saturated carbocycles. The lowest BCUT2D eigenvalue weighted by atomic mass is 9.84. The Labute approximate surface area is 572 Å². The van der Waals surface area contributed by atoms with E-state index in [0.717, 1.165) is 119 Å². The van der Waals surface area contributed by atoms with Crippen LogP contribution < -0.4 is 9.47 Å². The van der Waals surface area contributed by atoms with E-state index in [1.165, 1.54) is 97.8 Å². The van der Waals surface area contributed by atoms with Gasteiger partial charge in [-0.2, -0.15) is 15.3 Å². The maximum Gasteiger partial charge on any atom is 0.265 e. The van der Waals surface area contributed by atoms with E-state index in [4.69, 9.17) is 0 Å². The molecule has 0 unspecified atom stereocenters. The molecule has 3 saturated heterocycles. The maximum absolute atomic E-state index is 15.5. The molecule has 0 aliphatic carbocycles. The normalized spacial score (nSPS) is 19.6. The lowest BCUT2D eigenvalue weighted by Gasteiger charge is -2.43. The van der Waals surface area contributed by atoms with Crippen molar-refractivity contribution >= 4 is 5.69 Å². The molecular weight excluding hydrogens is 1290 g/mol. The average molecular weight is 1370 g/mol. The molecule has 8 heterocycles. The summed E-state index contributed by atoms with van der Waals surface area (Å²) in [5.74, 6) is -5.22. The monoisotopic (exact) mass is 1370 g/mol. The number of anilines is 1. The van der Waals surface area contributed by atoms with Crippen LogP contribution in [0.5, 0.6) is 0 Å². The van der Waals surface area contributed by atoms with Crippen molar-refractivity contribution in [2.24, 2.45) is 0 Å². The smallest absolute Gasteiger partial charge is 0.265 e. The Morgan fingerprint density at radius 2 is 0.798 bits per heavy atom. The summed E-state index contributed by atoms with van der Waals surface area (Å²) in [7, 11) is 0. The molecule has 0 bridgehead atoms. The third kappa shape index (κ3) is 16.8. The molecular formula is C72H88F7N16O4+. The van der Waals surface area contributed by atoms with E-state index in [2.05, 4.69) is 82.8 Å². The summed E-state index contributed by atoms with van der Waals surface area (Å²) < 4.78 is 108. The van der Waals surface area contributed by atoms with Gasteiger partial charge in [0.15, 0.2) is 0 Å². The number of halogens is 7. The molecule has 20 nitrogen and oxygen atoms in total. The first-order valence-electron chi connectivity index (χ1n) is 33.3. The Hall–Kier alpha value is -8.57. The Morgan fingerprint density at radius 3 is 1.17 bits per heavy atom. The first-order chi connectivity index (χ1) is 47.2. The molecule has 27 heteroatoms. The van der Waals surface area contributed by atoms with Crippen LogP contribution in [0.4, 0.5) is 36.4 Å². The molecule has 8 atom stereocenters. The van der Waals surface area contributed by atoms with Crippen LogP contribution in [0.25, 0.3) is 0 Å². The van der Waals surface area contributed by atoms with Crippen LogP contribution in [-0.4, -0.2) is 160 Å². The first kappa shape index (κ1) is 73.2. The van der Waals surface area contributed by atoms with Crippen molar-refractivity contribution in [3.05, 3.63) is 234 Å². The molecule has 0 radical (unpaired) electrons. The lowest BCUT2D eigenvalue weighted by Crippen LogP contribution is -2.54. The largest absolute Gasteiger partial charge is 0.381 e. The zero-order valence-corrected chi connectivity index (χ0v) is 56.6. The summed E-state index contributed by atoms with van der Waals surface area (Å²) in [6.07, 6.45) is 19.4. The van der Waals surface area contributed by atoms with Crippen molar-refractivity contribution in [2.45, 2.75) is 152 Å². The maximum atomic E-state index is 15.5. The highest BCUT2D eigenvalue weighted by atomic mass is 19.2. The van der Waals surface area contributed by atoms with Gasteiger partial charge in [-0.15, -0.1) is 4.68 Å². The average Bonchev–Trinajstić information content (AvgIpc) is 1.77. The molecule has 4 aromatic carbocycles. The van der Waals surface area contributed by atoms with E-state index in [1.54, 1.807) is 37.0 Å². The van der Waals surface area contributed by atoms with Gasteiger partial charge >= 0.3 is 0 Å². The summed E-state index contributed by atoms with van der Waals surface area (Å²) in [5, 5.41) is 64.2. The zero-order valence-electron chi connectivity index (χ0n) is 56.6. The van der Waals surface area contributed by atoms with Crippen LogP contribution in [0, 0.1) is 40.7 Å². The molecule has 4 aromatic heterocycles. The van der Waals surface area contributed by atoms with Crippen molar-refractivity contribution < 1.29 is 55.7 Å². The second kappa shape index (κ2) is 31.3. The number of hydrogen-bond acceptors (Lipinski definition) is 15. The second-order valence-electron chi connectivity index (χ2n) is 26.7. The zero-order chi connectivity index (χ0) is 71.0. The highest BCUT2D eigenvalue weighted by molar-refractivity contribution is 5.50. The SMILES string of the molecule is C=C1CCN([C@H](C)[C@](O)(Cn2c[n+]([C@H](C)[C@](O)(Cn3cncn3)c3ccc(F)cc3F)cn2)c2ccc(F)cc2F)CC1.C=C1CCN(c2ccc([C@@](O)(Cn3cncn3)[C@@H](C)N3CCC(=C)CC3)c(F)c2)CC1.CC1=CCN([C@H](C)[C@](O)(Cn2cncn2)c2ccc(F)cc2F)CC1. The number of aliphatic hydroxyl groups is 4. The van der Waals surface area contributed by atoms with Crippen LogP contribution in [0.3, 0.4) is 0 Å². The fraction of sp³-hybridized carbons (Fsp3) is 0.444. The molecule has 0 spiro atoms. The Kier molecular flexibility index (Phi) is 23.1. The molecule has 8 aromatic rings. The van der Waals surface area contributed by atoms with Crippen LogP contribution in [-0.2, 0) is 48.6 Å². The molecule has 12 rings (SSSR count). The fourth-order valence-corrected chi connectivity index (χ4v) is 13.7. The number of nitrogens with zero attached hydrogens (tertiary/aromatic N) is 16. The Balaban J connectivity index is 0.000000167. The predicted molar refractivity (Wildman–Crippen MR) is 357 cm³/mol. The van der Waals surface area contributed by atoms with Gasteiger partial charge in [-0.25, -0.2) is 64.3 Å². The first-order valence-corrected chi connectivity index (χ1v) is 33.3. The van der Waals surface area contributed by atoms with E-state index in [-0.39, 0.29) is 48.9 Å². The molecule has 4 aliphatic rings. The summed E-state index contributed by atoms with van der Waals surface area (Å²) in [5.41, 5.74) is -1.01. The van der Waals surface area contributed by atoms with Gasteiger partial charge in [0.1, 0.15) is 114 Å². The van der Waals surface area contributed by atoms with Crippen LogP contribution in [0.1, 0.15) is 108 Å². The Bertz CT molecular complexity index is 4070. The quantitative estimate of drug-likeness (QED) is 0.0300. The van der Waals surface area contributed by atoms with Gasteiger partial charge in [-0.05, 0) is 110 Å².